The minimum atomic E-state index is -3.62. The third-order valence-corrected chi connectivity index (χ3v) is 6.30. The summed E-state index contributed by atoms with van der Waals surface area (Å²) in [4.78, 5) is 8.56. The van der Waals surface area contributed by atoms with Crippen LogP contribution in [0.15, 0.2) is 83.6 Å². The lowest BCUT2D eigenvalue weighted by Gasteiger charge is -2.07. The first-order chi connectivity index (χ1) is 12.6. The minimum absolute atomic E-state index is 0.0259. The summed E-state index contributed by atoms with van der Waals surface area (Å²) < 4.78 is 27.4. The Labute approximate surface area is 155 Å². The highest BCUT2D eigenvalue weighted by Gasteiger charge is 2.23. The van der Waals surface area contributed by atoms with Crippen LogP contribution in [-0.4, -0.2) is 23.0 Å². The van der Waals surface area contributed by atoms with E-state index >= 15 is 0 Å². The molecule has 0 bridgehead atoms. The molecule has 0 aliphatic rings. The van der Waals surface area contributed by atoms with Gasteiger partial charge in [0.15, 0.2) is 0 Å². The summed E-state index contributed by atoms with van der Waals surface area (Å²) in [6, 6.07) is 19.0. The Bertz CT molecular complexity index is 1120. The van der Waals surface area contributed by atoms with Gasteiger partial charge in [-0.05, 0) is 12.1 Å². The van der Waals surface area contributed by atoms with Gasteiger partial charge in [-0.15, -0.1) is 11.3 Å². The van der Waals surface area contributed by atoms with Crippen LogP contribution in [0.5, 0.6) is 0 Å². The molecule has 5 nitrogen and oxygen atoms in total. The van der Waals surface area contributed by atoms with Gasteiger partial charge >= 0.3 is 0 Å². The molecule has 0 aliphatic heterocycles. The molecule has 0 atom stereocenters. The molecule has 4 rings (SSSR count). The van der Waals surface area contributed by atoms with Gasteiger partial charge in [0.25, 0.3) is 0 Å². The van der Waals surface area contributed by atoms with E-state index in [0.717, 1.165) is 16.3 Å². The van der Waals surface area contributed by atoms with E-state index in [1.165, 1.54) is 17.5 Å². The summed E-state index contributed by atoms with van der Waals surface area (Å²) in [7, 11) is -3.62. The average Bonchev–Trinajstić information content (AvgIpc) is 3.33. The second-order valence-corrected chi connectivity index (χ2v) is 8.43. The molecular formula is C19H15N3O2S2. The summed E-state index contributed by atoms with van der Waals surface area (Å²) in [6.45, 7) is 0. The van der Waals surface area contributed by atoms with Crippen LogP contribution in [0.3, 0.4) is 0 Å². The van der Waals surface area contributed by atoms with Crippen molar-refractivity contribution in [2.24, 2.45) is 0 Å². The maximum atomic E-state index is 12.9. The highest BCUT2D eigenvalue weighted by molar-refractivity contribution is 7.90. The van der Waals surface area contributed by atoms with E-state index in [2.05, 4.69) is 9.97 Å². The van der Waals surface area contributed by atoms with Gasteiger partial charge in [0.1, 0.15) is 10.8 Å². The highest BCUT2D eigenvalue weighted by Crippen LogP contribution is 2.25. The molecule has 0 unspecified atom stereocenters. The molecular weight excluding hydrogens is 366 g/mol. The van der Waals surface area contributed by atoms with Crippen LogP contribution in [0, 0.1) is 0 Å². The Kier molecular flexibility index (Phi) is 4.40. The number of rotatable bonds is 5. The van der Waals surface area contributed by atoms with Crippen LogP contribution in [0.25, 0.3) is 16.3 Å². The molecule has 0 radical (unpaired) electrons. The Morgan fingerprint density at radius 2 is 1.65 bits per heavy atom. The summed E-state index contributed by atoms with van der Waals surface area (Å²) in [5.74, 6) is -0.180. The van der Waals surface area contributed by atoms with E-state index in [-0.39, 0.29) is 10.9 Å². The second kappa shape index (κ2) is 6.86. The van der Waals surface area contributed by atoms with Crippen LogP contribution in [0.1, 0.15) is 5.69 Å². The van der Waals surface area contributed by atoms with Crippen LogP contribution in [0.2, 0.25) is 0 Å². The van der Waals surface area contributed by atoms with Gasteiger partial charge in [0.05, 0.1) is 5.69 Å². The van der Waals surface area contributed by atoms with Crippen LogP contribution >= 0.6 is 11.3 Å². The molecule has 130 valence electrons. The monoisotopic (exact) mass is 381 g/mol. The maximum absolute atomic E-state index is 12.9. The topological polar surface area (TPSA) is 64.8 Å². The number of benzene rings is 2. The smallest absolute Gasteiger partial charge is 0.232 e. The van der Waals surface area contributed by atoms with Crippen molar-refractivity contribution in [2.45, 2.75) is 10.9 Å². The van der Waals surface area contributed by atoms with Crippen molar-refractivity contribution in [1.82, 2.24) is 14.5 Å². The lowest BCUT2D eigenvalue weighted by atomic mass is 10.2. The molecule has 0 N–H and O–H groups in total. The van der Waals surface area contributed by atoms with Crippen molar-refractivity contribution in [2.75, 3.05) is 0 Å². The SMILES string of the molecule is O=S(=O)(Cc1csc(-c2ccccc2)n1)c1nccn1-c1ccccc1. The number of aromatic nitrogens is 3. The zero-order valence-electron chi connectivity index (χ0n) is 13.7. The van der Waals surface area contributed by atoms with Gasteiger partial charge in [-0.25, -0.2) is 18.4 Å². The molecule has 26 heavy (non-hydrogen) atoms. The molecule has 0 fully saturated rings. The quantitative estimate of drug-likeness (QED) is 0.525. The lowest BCUT2D eigenvalue weighted by molar-refractivity contribution is 0.583. The zero-order chi connectivity index (χ0) is 18.0. The minimum Gasteiger partial charge on any atom is -0.291 e. The van der Waals surface area contributed by atoms with Gasteiger partial charge in [-0.2, -0.15) is 0 Å². The number of hydrogen-bond donors (Lipinski definition) is 0. The Morgan fingerprint density at radius 3 is 2.38 bits per heavy atom. The van der Waals surface area contributed by atoms with E-state index in [0.29, 0.717) is 5.69 Å². The summed E-state index contributed by atoms with van der Waals surface area (Å²) in [5.41, 5.74) is 2.26. The molecule has 0 spiro atoms. The fraction of sp³-hybridized carbons (Fsp3) is 0.0526. The number of thiazole rings is 1. The first kappa shape index (κ1) is 16.7. The first-order valence-electron chi connectivity index (χ1n) is 7.95. The van der Waals surface area contributed by atoms with E-state index in [9.17, 15) is 8.42 Å². The first-order valence-corrected chi connectivity index (χ1v) is 10.5. The van der Waals surface area contributed by atoms with Gasteiger partial charge in [0.2, 0.25) is 15.0 Å². The summed E-state index contributed by atoms with van der Waals surface area (Å²) in [6.07, 6.45) is 3.15. The standard InChI is InChI=1S/C19H15N3O2S2/c23-26(24,19-20-11-12-22(19)17-9-5-2-6-10-17)14-16-13-25-18(21-16)15-7-3-1-4-8-15/h1-13H,14H2. The predicted molar refractivity (Wildman–Crippen MR) is 102 cm³/mol. The number of sulfone groups is 1. The lowest BCUT2D eigenvalue weighted by Crippen LogP contribution is -2.12. The molecule has 7 heteroatoms. The fourth-order valence-electron chi connectivity index (χ4n) is 2.65. The normalized spacial score (nSPS) is 11.5. The molecule has 2 aromatic carbocycles. The second-order valence-electron chi connectivity index (χ2n) is 5.68. The molecule has 2 aromatic heterocycles. The number of para-hydroxylation sites is 1. The Balaban J connectivity index is 1.64. The number of nitrogens with zero attached hydrogens (tertiary/aromatic N) is 3. The van der Waals surface area contributed by atoms with Crippen molar-refractivity contribution in [3.8, 4) is 16.3 Å². The van der Waals surface area contributed by atoms with E-state index in [1.54, 1.807) is 16.1 Å². The Hall–Kier alpha value is -2.77. The maximum Gasteiger partial charge on any atom is 0.232 e. The third-order valence-electron chi connectivity index (χ3n) is 3.83. The third kappa shape index (κ3) is 3.31. The molecule has 0 saturated heterocycles. The molecule has 0 amide bonds. The van der Waals surface area contributed by atoms with Gasteiger partial charge < -0.3 is 0 Å². The van der Waals surface area contributed by atoms with E-state index in [1.807, 2.05) is 60.7 Å². The Morgan fingerprint density at radius 1 is 0.962 bits per heavy atom. The van der Waals surface area contributed by atoms with Crippen LogP contribution in [-0.2, 0) is 15.6 Å². The zero-order valence-corrected chi connectivity index (χ0v) is 15.3. The largest absolute Gasteiger partial charge is 0.291 e. The predicted octanol–water partition coefficient (Wildman–Crippen LogP) is 3.97. The number of hydrogen-bond acceptors (Lipinski definition) is 5. The van der Waals surface area contributed by atoms with Gasteiger partial charge in [0, 0.05) is 29.0 Å². The van der Waals surface area contributed by atoms with E-state index in [4.69, 9.17) is 0 Å². The van der Waals surface area contributed by atoms with E-state index < -0.39 is 9.84 Å². The fourth-order valence-corrected chi connectivity index (χ4v) is 4.94. The molecule has 0 saturated carbocycles. The summed E-state index contributed by atoms with van der Waals surface area (Å²) >= 11 is 1.44. The van der Waals surface area contributed by atoms with Crippen molar-refractivity contribution >= 4 is 21.2 Å². The number of imidazole rings is 1. The van der Waals surface area contributed by atoms with Crippen molar-refractivity contribution < 1.29 is 8.42 Å². The molecule has 2 heterocycles. The van der Waals surface area contributed by atoms with Crippen LogP contribution < -0.4 is 0 Å². The van der Waals surface area contributed by atoms with Gasteiger partial charge in [-0.1, -0.05) is 48.5 Å². The van der Waals surface area contributed by atoms with Crippen LogP contribution in [0.4, 0.5) is 0 Å². The average molecular weight is 381 g/mol. The molecule has 4 aromatic rings. The van der Waals surface area contributed by atoms with Crippen molar-refractivity contribution in [1.29, 1.82) is 0 Å². The van der Waals surface area contributed by atoms with Crippen molar-refractivity contribution in [3.63, 3.8) is 0 Å². The summed E-state index contributed by atoms with van der Waals surface area (Å²) in [5, 5.41) is 2.62. The van der Waals surface area contributed by atoms with Gasteiger partial charge in [-0.3, -0.25) is 4.57 Å². The molecule has 0 aliphatic carbocycles. The highest BCUT2D eigenvalue weighted by atomic mass is 32.2. The van der Waals surface area contributed by atoms with Crippen molar-refractivity contribution in [3.05, 3.63) is 84.1 Å².